The van der Waals surface area contributed by atoms with Crippen LogP contribution in [-0.4, -0.2) is 47.9 Å². The lowest BCUT2D eigenvalue weighted by Gasteiger charge is -2.27. The molecule has 0 N–H and O–H groups in total. The standard InChI is InChI=1S/C19H22N4O2/c1-13(2)25-15-4-3-14-11-20-19(16(14)9-15)17-10-18(22-12-21-17)23-5-7-24-8-6-23/h3-4,9-10,12-13H,5-8,11H2,1-2H3/i5D2,6D2,7D2,8D2. The number of aromatic nitrogens is 2. The van der Waals surface area contributed by atoms with Crippen LogP contribution >= 0.6 is 0 Å². The van der Waals surface area contributed by atoms with Gasteiger partial charge in [0.05, 0.1) is 48.1 Å². The quantitative estimate of drug-likeness (QED) is 0.851. The minimum Gasteiger partial charge on any atom is -0.491 e. The van der Waals surface area contributed by atoms with Crippen LogP contribution in [0.1, 0.15) is 41.6 Å². The van der Waals surface area contributed by atoms with Gasteiger partial charge in [-0.1, -0.05) is 6.07 Å². The van der Waals surface area contributed by atoms with Crippen LogP contribution in [0.15, 0.2) is 35.6 Å². The molecular formula is C19H22N4O2. The average Bonchev–Trinajstić information content (AvgIpc) is 3.09. The van der Waals surface area contributed by atoms with Crippen molar-refractivity contribution in [1.29, 1.82) is 0 Å². The summed E-state index contributed by atoms with van der Waals surface area (Å²) in [5.41, 5.74) is 2.38. The molecule has 1 aromatic carbocycles. The van der Waals surface area contributed by atoms with Gasteiger partial charge in [-0.05, 0) is 31.5 Å². The number of hydrogen-bond donors (Lipinski definition) is 0. The highest BCUT2D eigenvalue weighted by atomic mass is 16.5. The molecule has 1 aromatic heterocycles. The summed E-state index contributed by atoms with van der Waals surface area (Å²) in [6.45, 7) is -8.35. The third-order valence-corrected chi connectivity index (χ3v) is 3.66. The second kappa shape index (κ2) is 6.80. The maximum Gasteiger partial charge on any atom is 0.132 e. The van der Waals surface area contributed by atoms with Gasteiger partial charge in [0.2, 0.25) is 0 Å². The Morgan fingerprint density at radius 2 is 2.04 bits per heavy atom. The number of anilines is 1. The van der Waals surface area contributed by atoms with Gasteiger partial charge in [-0.2, -0.15) is 0 Å². The number of nitrogens with zero attached hydrogens (tertiary/aromatic N) is 4. The first kappa shape index (κ1) is 9.29. The minimum absolute atomic E-state index is 0.0358. The molecule has 0 radical (unpaired) electrons. The van der Waals surface area contributed by atoms with Crippen LogP contribution in [0, 0.1) is 0 Å². The highest BCUT2D eigenvalue weighted by Gasteiger charge is 2.21. The van der Waals surface area contributed by atoms with Crippen molar-refractivity contribution in [3.8, 4) is 5.75 Å². The molecule has 0 saturated carbocycles. The monoisotopic (exact) mass is 346 g/mol. The number of benzene rings is 1. The SMILES string of the molecule is [2H]C1([2H])OC([2H])([2H])C([2H])([2H])N(c2cc(C3=NCc4ccc(OC(C)C)cc43)ncn2)C1([2H])[2H]. The van der Waals surface area contributed by atoms with Gasteiger partial charge in [-0.15, -0.1) is 0 Å². The summed E-state index contributed by atoms with van der Waals surface area (Å²) in [5, 5.41) is 0. The molecule has 2 aliphatic heterocycles. The summed E-state index contributed by atoms with van der Waals surface area (Å²) in [4.78, 5) is 13.0. The Bertz CT molecular complexity index is 1100. The zero-order valence-corrected chi connectivity index (χ0v) is 13.8. The largest absolute Gasteiger partial charge is 0.491 e. The fraction of sp³-hybridized carbons (Fsp3) is 0.421. The van der Waals surface area contributed by atoms with Crippen LogP contribution in [0.5, 0.6) is 5.75 Å². The molecule has 0 amide bonds. The van der Waals surface area contributed by atoms with Crippen LogP contribution in [-0.2, 0) is 11.3 Å². The number of ether oxygens (including phenoxy) is 2. The van der Waals surface area contributed by atoms with Gasteiger partial charge < -0.3 is 14.4 Å². The lowest BCUT2D eigenvalue weighted by molar-refractivity contribution is 0.122. The number of fused-ring (bicyclic) bond motifs is 1. The fourth-order valence-electron chi connectivity index (χ4n) is 2.63. The number of morpholine rings is 1. The van der Waals surface area contributed by atoms with Gasteiger partial charge in [0.1, 0.15) is 17.9 Å². The van der Waals surface area contributed by atoms with Crippen LogP contribution in [0.2, 0.25) is 0 Å². The van der Waals surface area contributed by atoms with E-state index in [4.69, 9.17) is 15.7 Å². The van der Waals surface area contributed by atoms with E-state index in [2.05, 4.69) is 19.7 Å². The topological polar surface area (TPSA) is 59.8 Å². The molecule has 2 aromatic rings. The summed E-state index contributed by atoms with van der Waals surface area (Å²) in [5.74, 6) is 0.284. The zero-order valence-electron chi connectivity index (χ0n) is 21.8. The number of rotatable bonds is 4. The third kappa shape index (κ3) is 3.35. The van der Waals surface area contributed by atoms with Gasteiger partial charge in [0.25, 0.3) is 0 Å². The Hall–Kier alpha value is -2.47. The fourth-order valence-corrected chi connectivity index (χ4v) is 2.63. The summed E-state index contributed by atoms with van der Waals surface area (Å²) in [7, 11) is 0. The lowest BCUT2D eigenvalue weighted by atomic mass is 10.0. The maximum atomic E-state index is 8.22. The first-order valence-electron chi connectivity index (χ1n) is 11.8. The average molecular weight is 346 g/mol. The molecule has 1 saturated heterocycles. The van der Waals surface area contributed by atoms with Gasteiger partial charge in [0, 0.05) is 24.6 Å². The van der Waals surface area contributed by atoms with E-state index in [1.165, 1.54) is 6.07 Å². The highest BCUT2D eigenvalue weighted by Crippen LogP contribution is 2.27. The van der Waals surface area contributed by atoms with E-state index in [0.717, 1.165) is 17.5 Å². The highest BCUT2D eigenvalue weighted by molar-refractivity contribution is 6.14. The molecule has 0 unspecified atom stereocenters. The van der Waals surface area contributed by atoms with Gasteiger partial charge in [0.15, 0.2) is 0 Å². The third-order valence-electron chi connectivity index (χ3n) is 3.66. The van der Waals surface area contributed by atoms with Gasteiger partial charge in [-0.3, -0.25) is 4.99 Å². The van der Waals surface area contributed by atoms with E-state index in [9.17, 15) is 0 Å². The second-order valence-electron chi connectivity index (χ2n) is 5.78. The molecule has 0 aliphatic carbocycles. The molecule has 25 heavy (non-hydrogen) atoms. The Balaban J connectivity index is 1.79. The van der Waals surface area contributed by atoms with E-state index in [0.29, 0.717) is 22.9 Å². The Labute approximate surface area is 158 Å². The van der Waals surface area contributed by atoms with Crippen molar-refractivity contribution in [2.24, 2.45) is 4.99 Å². The molecule has 2 aliphatic rings. The van der Waals surface area contributed by atoms with Crippen molar-refractivity contribution in [2.75, 3.05) is 31.0 Å². The summed E-state index contributed by atoms with van der Waals surface area (Å²) in [6, 6.07) is 6.79. The molecule has 1 fully saturated rings. The van der Waals surface area contributed by atoms with E-state index >= 15 is 0 Å². The van der Waals surface area contributed by atoms with Gasteiger partial charge in [-0.25, -0.2) is 9.97 Å². The maximum absolute atomic E-state index is 8.22. The zero-order chi connectivity index (χ0) is 24.4. The van der Waals surface area contributed by atoms with Crippen LogP contribution in [0.25, 0.3) is 0 Å². The van der Waals surface area contributed by atoms with Crippen molar-refractivity contribution in [3.63, 3.8) is 0 Å². The first-order chi connectivity index (χ1) is 15.2. The Morgan fingerprint density at radius 3 is 2.84 bits per heavy atom. The molecule has 6 heteroatoms. The molecular weight excluding hydrogens is 316 g/mol. The predicted molar refractivity (Wildman–Crippen MR) is 96.6 cm³/mol. The van der Waals surface area contributed by atoms with E-state index in [1.807, 2.05) is 32.0 Å². The number of hydrogen-bond acceptors (Lipinski definition) is 6. The molecule has 130 valence electrons. The molecule has 0 bridgehead atoms. The molecule has 4 rings (SSSR count). The normalized spacial score (nSPS) is 29.6. The predicted octanol–water partition coefficient (Wildman–Crippen LogP) is 2.45. The molecule has 6 nitrogen and oxygen atoms in total. The van der Waals surface area contributed by atoms with Crippen LogP contribution < -0.4 is 9.64 Å². The smallest absolute Gasteiger partial charge is 0.132 e. The van der Waals surface area contributed by atoms with Crippen molar-refractivity contribution in [1.82, 2.24) is 9.97 Å². The second-order valence-corrected chi connectivity index (χ2v) is 5.78. The van der Waals surface area contributed by atoms with Crippen LogP contribution in [0.4, 0.5) is 5.82 Å². The summed E-state index contributed by atoms with van der Waals surface area (Å²) in [6.07, 6.45) is 1.04. The summed E-state index contributed by atoms with van der Waals surface area (Å²) >= 11 is 0. The Kier molecular flexibility index (Phi) is 2.53. The van der Waals surface area contributed by atoms with Crippen molar-refractivity contribution >= 4 is 11.5 Å². The molecule has 0 atom stereocenters. The van der Waals surface area contributed by atoms with Crippen molar-refractivity contribution in [2.45, 2.75) is 26.5 Å². The van der Waals surface area contributed by atoms with Crippen LogP contribution in [0.3, 0.4) is 0 Å². The lowest BCUT2D eigenvalue weighted by Crippen LogP contribution is -2.36. The van der Waals surface area contributed by atoms with E-state index < -0.39 is 26.1 Å². The van der Waals surface area contributed by atoms with E-state index in [-0.39, 0.29) is 17.6 Å². The van der Waals surface area contributed by atoms with Crippen molar-refractivity contribution in [3.05, 3.63) is 47.4 Å². The van der Waals surface area contributed by atoms with Crippen molar-refractivity contribution < 1.29 is 20.4 Å². The summed E-state index contributed by atoms with van der Waals surface area (Å²) < 4.78 is 74.7. The minimum atomic E-state index is -3.17. The number of aliphatic imine (C=N–C) groups is 1. The Morgan fingerprint density at radius 1 is 1.20 bits per heavy atom. The van der Waals surface area contributed by atoms with Gasteiger partial charge >= 0.3 is 0 Å². The first-order valence-corrected chi connectivity index (χ1v) is 7.85. The van der Waals surface area contributed by atoms with E-state index in [1.54, 1.807) is 0 Å². The molecule has 0 spiro atoms. The molecule has 3 heterocycles.